The number of benzene rings is 1. The Hall–Kier alpha value is -1.59. The largest absolute Gasteiger partial charge is 0.462 e. The highest BCUT2D eigenvalue weighted by Crippen LogP contribution is 2.19. The van der Waals surface area contributed by atoms with Gasteiger partial charge in [0.25, 0.3) is 0 Å². The number of nitrogens with two attached hydrogens (primary N) is 1. The standard InChI is InChI=1S/C15H22N2O3/c1-11(12-4-3-5-13(16)8-12)15(18)20-10-14-9-17(2)6-7-19-14/h3-5,8,11,14H,6-7,9-10,16H2,1-2H3. The number of nitrogen functional groups attached to an aromatic ring is 1. The van der Waals surface area contributed by atoms with Gasteiger partial charge in [-0.2, -0.15) is 0 Å². The molecule has 0 radical (unpaired) electrons. The summed E-state index contributed by atoms with van der Waals surface area (Å²) in [7, 11) is 2.03. The molecule has 1 aromatic rings. The molecule has 1 fully saturated rings. The first-order valence-electron chi connectivity index (χ1n) is 6.88. The normalized spacial score (nSPS) is 21.4. The van der Waals surface area contributed by atoms with E-state index in [1.807, 2.05) is 26.1 Å². The van der Waals surface area contributed by atoms with Gasteiger partial charge in [-0.05, 0) is 31.7 Å². The number of hydrogen-bond acceptors (Lipinski definition) is 5. The Morgan fingerprint density at radius 2 is 2.40 bits per heavy atom. The van der Waals surface area contributed by atoms with Gasteiger partial charge in [0.1, 0.15) is 12.7 Å². The van der Waals surface area contributed by atoms with Gasteiger partial charge in [0.05, 0.1) is 12.5 Å². The van der Waals surface area contributed by atoms with Gasteiger partial charge in [-0.25, -0.2) is 0 Å². The van der Waals surface area contributed by atoms with Crippen molar-refractivity contribution in [1.29, 1.82) is 0 Å². The predicted octanol–water partition coefficient (Wildman–Crippen LogP) is 1.25. The molecule has 5 heteroatoms. The molecule has 20 heavy (non-hydrogen) atoms. The summed E-state index contributed by atoms with van der Waals surface area (Å²) in [5.74, 6) is -0.563. The van der Waals surface area contributed by atoms with Crippen molar-refractivity contribution in [2.24, 2.45) is 0 Å². The highest BCUT2D eigenvalue weighted by molar-refractivity contribution is 5.78. The van der Waals surface area contributed by atoms with E-state index < -0.39 is 0 Å². The van der Waals surface area contributed by atoms with Crippen LogP contribution in [-0.4, -0.2) is 50.3 Å². The number of rotatable bonds is 4. The molecule has 0 aromatic heterocycles. The lowest BCUT2D eigenvalue weighted by molar-refractivity contribution is -0.151. The van der Waals surface area contributed by atoms with Crippen molar-refractivity contribution in [3.8, 4) is 0 Å². The van der Waals surface area contributed by atoms with Gasteiger partial charge in [-0.15, -0.1) is 0 Å². The zero-order valence-electron chi connectivity index (χ0n) is 12.0. The van der Waals surface area contributed by atoms with E-state index in [0.717, 1.165) is 18.7 Å². The summed E-state index contributed by atoms with van der Waals surface area (Å²) < 4.78 is 10.9. The van der Waals surface area contributed by atoms with E-state index >= 15 is 0 Å². The Bertz CT molecular complexity index is 464. The van der Waals surface area contributed by atoms with Crippen molar-refractivity contribution in [1.82, 2.24) is 4.90 Å². The summed E-state index contributed by atoms with van der Waals surface area (Å²) in [6, 6.07) is 7.32. The first kappa shape index (κ1) is 14.8. The molecule has 2 rings (SSSR count). The van der Waals surface area contributed by atoms with Crippen LogP contribution in [0.4, 0.5) is 5.69 Å². The molecule has 110 valence electrons. The summed E-state index contributed by atoms with van der Waals surface area (Å²) in [6.07, 6.45) is -0.0363. The lowest BCUT2D eigenvalue weighted by Crippen LogP contribution is -2.42. The molecule has 0 amide bonds. The number of carbonyl (C=O) groups excluding carboxylic acids is 1. The smallest absolute Gasteiger partial charge is 0.313 e. The van der Waals surface area contributed by atoms with Crippen LogP contribution in [0.1, 0.15) is 18.4 Å². The Labute approximate surface area is 119 Å². The van der Waals surface area contributed by atoms with E-state index in [-0.39, 0.29) is 18.0 Å². The average molecular weight is 278 g/mol. The van der Waals surface area contributed by atoms with E-state index in [0.29, 0.717) is 18.9 Å². The SMILES string of the molecule is CC(C(=O)OCC1CN(C)CCO1)c1cccc(N)c1. The number of ether oxygens (including phenoxy) is 2. The second-order valence-corrected chi connectivity index (χ2v) is 5.28. The first-order valence-corrected chi connectivity index (χ1v) is 6.88. The van der Waals surface area contributed by atoms with Crippen LogP contribution >= 0.6 is 0 Å². The van der Waals surface area contributed by atoms with E-state index in [4.69, 9.17) is 15.2 Å². The minimum absolute atomic E-state index is 0.0363. The molecular formula is C15H22N2O3. The second-order valence-electron chi connectivity index (χ2n) is 5.28. The fraction of sp³-hybridized carbons (Fsp3) is 0.533. The highest BCUT2D eigenvalue weighted by Gasteiger charge is 2.22. The van der Waals surface area contributed by atoms with Crippen molar-refractivity contribution in [3.63, 3.8) is 0 Å². The number of morpholine rings is 1. The monoisotopic (exact) mass is 278 g/mol. The maximum atomic E-state index is 12.0. The molecule has 0 bridgehead atoms. The van der Waals surface area contributed by atoms with E-state index in [1.54, 1.807) is 12.1 Å². The van der Waals surface area contributed by atoms with Crippen molar-refractivity contribution in [2.45, 2.75) is 18.9 Å². The van der Waals surface area contributed by atoms with Crippen LogP contribution in [-0.2, 0) is 14.3 Å². The molecule has 1 aromatic carbocycles. The molecule has 0 spiro atoms. The molecule has 0 saturated carbocycles. The lowest BCUT2D eigenvalue weighted by atomic mass is 10.0. The van der Waals surface area contributed by atoms with Gasteiger partial charge < -0.3 is 20.1 Å². The summed E-state index contributed by atoms with van der Waals surface area (Å²) in [5, 5.41) is 0. The Morgan fingerprint density at radius 3 is 3.10 bits per heavy atom. The summed E-state index contributed by atoms with van der Waals surface area (Å²) in [5.41, 5.74) is 7.25. The summed E-state index contributed by atoms with van der Waals surface area (Å²) in [6.45, 7) is 4.52. The van der Waals surface area contributed by atoms with Crippen LogP contribution < -0.4 is 5.73 Å². The number of anilines is 1. The molecule has 5 nitrogen and oxygen atoms in total. The Kier molecular flexibility index (Phi) is 4.98. The van der Waals surface area contributed by atoms with Crippen LogP contribution in [0.15, 0.2) is 24.3 Å². The number of likely N-dealkylation sites (N-methyl/N-ethyl adjacent to an activating group) is 1. The quantitative estimate of drug-likeness (QED) is 0.663. The van der Waals surface area contributed by atoms with Crippen LogP contribution in [0.3, 0.4) is 0 Å². The number of hydrogen-bond donors (Lipinski definition) is 1. The zero-order valence-corrected chi connectivity index (χ0v) is 12.0. The molecule has 1 aliphatic heterocycles. The van der Waals surface area contributed by atoms with Gasteiger partial charge in [0.15, 0.2) is 0 Å². The minimum Gasteiger partial charge on any atom is -0.462 e. The summed E-state index contributed by atoms with van der Waals surface area (Å²) >= 11 is 0. The van der Waals surface area contributed by atoms with Crippen LogP contribution in [0.2, 0.25) is 0 Å². The van der Waals surface area contributed by atoms with Gasteiger partial charge in [-0.1, -0.05) is 12.1 Å². The first-order chi connectivity index (χ1) is 9.56. The van der Waals surface area contributed by atoms with E-state index in [2.05, 4.69) is 4.90 Å². The molecule has 0 aliphatic carbocycles. The number of esters is 1. The summed E-state index contributed by atoms with van der Waals surface area (Å²) in [4.78, 5) is 14.2. The Morgan fingerprint density at radius 1 is 1.60 bits per heavy atom. The van der Waals surface area contributed by atoms with Crippen LogP contribution in [0.25, 0.3) is 0 Å². The molecule has 1 saturated heterocycles. The third-order valence-corrected chi connectivity index (χ3v) is 3.52. The molecule has 2 unspecified atom stereocenters. The molecule has 2 N–H and O–H groups in total. The molecule has 1 heterocycles. The molecule has 1 aliphatic rings. The van der Waals surface area contributed by atoms with Crippen molar-refractivity contribution in [3.05, 3.63) is 29.8 Å². The Balaban J connectivity index is 1.85. The maximum Gasteiger partial charge on any atom is 0.313 e. The number of carbonyl (C=O) groups is 1. The third kappa shape index (κ3) is 3.95. The van der Waals surface area contributed by atoms with Crippen molar-refractivity contribution in [2.75, 3.05) is 39.1 Å². The fourth-order valence-corrected chi connectivity index (χ4v) is 2.23. The molecular weight excluding hydrogens is 256 g/mol. The van der Waals surface area contributed by atoms with Gasteiger partial charge >= 0.3 is 5.97 Å². The topological polar surface area (TPSA) is 64.8 Å². The maximum absolute atomic E-state index is 12.0. The highest BCUT2D eigenvalue weighted by atomic mass is 16.6. The van der Waals surface area contributed by atoms with Gasteiger partial charge in [0, 0.05) is 18.8 Å². The number of nitrogens with zero attached hydrogens (tertiary/aromatic N) is 1. The fourth-order valence-electron chi connectivity index (χ4n) is 2.23. The lowest BCUT2D eigenvalue weighted by Gasteiger charge is -2.29. The van der Waals surface area contributed by atoms with E-state index in [9.17, 15) is 4.79 Å². The molecule has 2 atom stereocenters. The predicted molar refractivity (Wildman–Crippen MR) is 77.5 cm³/mol. The van der Waals surface area contributed by atoms with Gasteiger partial charge in [-0.3, -0.25) is 4.79 Å². The van der Waals surface area contributed by atoms with Crippen molar-refractivity contribution >= 4 is 11.7 Å². The minimum atomic E-state index is -0.320. The van der Waals surface area contributed by atoms with Crippen molar-refractivity contribution < 1.29 is 14.3 Å². The zero-order chi connectivity index (χ0) is 14.5. The van der Waals surface area contributed by atoms with Crippen LogP contribution in [0.5, 0.6) is 0 Å². The average Bonchev–Trinajstić information content (AvgIpc) is 2.44. The van der Waals surface area contributed by atoms with Gasteiger partial charge in [0.2, 0.25) is 0 Å². The second kappa shape index (κ2) is 6.72. The third-order valence-electron chi connectivity index (χ3n) is 3.52. The van der Waals surface area contributed by atoms with E-state index in [1.165, 1.54) is 0 Å². The van der Waals surface area contributed by atoms with Crippen LogP contribution in [0, 0.1) is 0 Å².